The van der Waals surface area contributed by atoms with Crippen molar-refractivity contribution in [2.45, 2.75) is 18.6 Å². The fourth-order valence-electron chi connectivity index (χ4n) is 3.37. The second-order valence-electron chi connectivity index (χ2n) is 6.64. The third-order valence-corrected chi connectivity index (χ3v) is 4.75. The van der Waals surface area contributed by atoms with E-state index in [0.717, 1.165) is 16.3 Å². The first kappa shape index (κ1) is 16.2. The normalized spacial score (nSPS) is 20.1. The number of aromatic hydroxyl groups is 1. The van der Waals surface area contributed by atoms with E-state index >= 15 is 0 Å². The van der Waals surface area contributed by atoms with Crippen molar-refractivity contribution in [3.63, 3.8) is 0 Å². The summed E-state index contributed by atoms with van der Waals surface area (Å²) < 4.78 is 5.60. The van der Waals surface area contributed by atoms with Gasteiger partial charge in [-0.1, -0.05) is 48.5 Å². The number of cyclic esters (lactones) is 1. The third-order valence-electron chi connectivity index (χ3n) is 4.75. The van der Waals surface area contributed by atoms with Crippen LogP contribution < -0.4 is 5.32 Å². The fourth-order valence-corrected chi connectivity index (χ4v) is 3.37. The number of nitrogens with one attached hydrogen (secondary N) is 1. The van der Waals surface area contributed by atoms with Crippen LogP contribution in [0.5, 0.6) is 5.75 Å². The summed E-state index contributed by atoms with van der Waals surface area (Å²) in [5.74, 6) is -0.215. The van der Waals surface area contributed by atoms with Gasteiger partial charge in [0.1, 0.15) is 5.75 Å². The van der Waals surface area contributed by atoms with Gasteiger partial charge in [-0.15, -0.1) is 0 Å². The Morgan fingerprint density at radius 1 is 1.00 bits per heavy atom. The van der Waals surface area contributed by atoms with Crippen LogP contribution in [0.4, 0.5) is 5.69 Å². The van der Waals surface area contributed by atoms with Gasteiger partial charge < -0.3 is 15.2 Å². The van der Waals surface area contributed by atoms with E-state index in [4.69, 9.17) is 4.74 Å². The Morgan fingerprint density at radius 3 is 2.46 bits per heavy atom. The molecule has 0 saturated heterocycles. The average molecular weight is 345 g/mol. The number of hydrogen-bond acceptors (Lipinski definition) is 4. The van der Waals surface area contributed by atoms with Crippen LogP contribution in [-0.4, -0.2) is 16.7 Å². The van der Waals surface area contributed by atoms with Crippen molar-refractivity contribution in [1.82, 2.24) is 0 Å². The topological polar surface area (TPSA) is 58.6 Å². The molecule has 0 spiro atoms. The summed E-state index contributed by atoms with van der Waals surface area (Å²) in [6, 6.07) is 20.9. The number of phenolic OH excluding ortho intramolecular Hbond substituents is 1. The van der Waals surface area contributed by atoms with Crippen LogP contribution in [0.25, 0.3) is 10.8 Å². The molecule has 0 aromatic heterocycles. The Morgan fingerprint density at radius 2 is 1.73 bits per heavy atom. The second-order valence-corrected chi connectivity index (χ2v) is 6.64. The molecule has 1 heterocycles. The Labute approximate surface area is 151 Å². The van der Waals surface area contributed by atoms with Crippen molar-refractivity contribution in [3.8, 4) is 5.75 Å². The number of carbonyl (C=O) groups excluding carboxylic acids is 1. The van der Waals surface area contributed by atoms with Gasteiger partial charge in [-0.25, -0.2) is 4.79 Å². The molecular weight excluding hydrogens is 326 g/mol. The number of rotatable bonds is 4. The molecule has 0 bridgehead atoms. The zero-order valence-corrected chi connectivity index (χ0v) is 14.3. The molecule has 26 heavy (non-hydrogen) atoms. The monoisotopic (exact) mass is 345 g/mol. The molecule has 0 fully saturated rings. The van der Waals surface area contributed by atoms with Crippen LogP contribution in [0.1, 0.15) is 18.5 Å². The van der Waals surface area contributed by atoms with E-state index in [9.17, 15) is 9.90 Å². The molecule has 0 saturated carbocycles. The standard InChI is InChI=1S/C22H19NO3/c1-22(13-12-20(25)26-22)21(23-18-8-4-5-9-19(18)24)17-11-10-15-6-2-3-7-16(15)14-17/h2-14,21,23-24H,1H3/t21-,22-/m1/s1. The summed E-state index contributed by atoms with van der Waals surface area (Å²) in [4.78, 5) is 11.7. The van der Waals surface area contributed by atoms with Gasteiger partial charge in [0.15, 0.2) is 5.60 Å². The zero-order chi connectivity index (χ0) is 18.1. The minimum absolute atomic E-state index is 0.148. The predicted molar refractivity (Wildman–Crippen MR) is 102 cm³/mol. The molecule has 3 aromatic carbocycles. The van der Waals surface area contributed by atoms with Crippen LogP contribution >= 0.6 is 0 Å². The summed E-state index contributed by atoms with van der Waals surface area (Å²) in [7, 11) is 0. The number of para-hydroxylation sites is 2. The molecule has 3 aromatic rings. The van der Waals surface area contributed by atoms with Crippen molar-refractivity contribution in [2.24, 2.45) is 0 Å². The van der Waals surface area contributed by atoms with Crippen molar-refractivity contribution in [3.05, 3.63) is 84.4 Å². The number of hydrogen-bond donors (Lipinski definition) is 2. The molecule has 0 unspecified atom stereocenters. The van der Waals surface area contributed by atoms with E-state index in [1.807, 2.05) is 37.3 Å². The van der Waals surface area contributed by atoms with Gasteiger partial charge in [0.2, 0.25) is 0 Å². The van der Waals surface area contributed by atoms with Gasteiger partial charge in [-0.3, -0.25) is 0 Å². The summed E-state index contributed by atoms with van der Waals surface area (Å²) in [5.41, 5.74) is 0.694. The Kier molecular flexibility index (Phi) is 3.88. The van der Waals surface area contributed by atoms with Crippen molar-refractivity contribution < 1.29 is 14.6 Å². The highest BCUT2D eigenvalue weighted by molar-refractivity contribution is 5.86. The number of ether oxygens (including phenoxy) is 1. The molecule has 4 nitrogen and oxygen atoms in total. The zero-order valence-electron chi connectivity index (χ0n) is 14.3. The van der Waals surface area contributed by atoms with Gasteiger partial charge in [0, 0.05) is 6.08 Å². The number of carbonyl (C=O) groups is 1. The average Bonchev–Trinajstić information content (AvgIpc) is 3.00. The maximum atomic E-state index is 11.7. The van der Waals surface area contributed by atoms with Crippen LogP contribution in [0.3, 0.4) is 0 Å². The molecule has 0 radical (unpaired) electrons. The first-order valence-electron chi connectivity index (χ1n) is 8.51. The van der Waals surface area contributed by atoms with E-state index in [-0.39, 0.29) is 17.8 Å². The van der Waals surface area contributed by atoms with E-state index in [0.29, 0.717) is 5.69 Å². The quantitative estimate of drug-likeness (QED) is 0.537. The summed E-state index contributed by atoms with van der Waals surface area (Å²) in [6.07, 6.45) is 3.21. The van der Waals surface area contributed by atoms with Crippen LogP contribution in [-0.2, 0) is 9.53 Å². The summed E-state index contributed by atoms with van der Waals surface area (Å²) >= 11 is 0. The minimum atomic E-state index is -0.859. The van der Waals surface area contributed by atoms with Crippen molar-refractivity contribution >= 4 is 22.4 Å². The van der Waals surface area contributed by atoms with E-state index in [1.165, 1.54) is 6.08 Å². The third kappa shape index (κ3) is 2.90. The van der Waals surface area contributed by atoms with E-state index < -0.39 is 5.60 Å². The van der Waals surface area contributed by atoms with Crippen molar-refractivity contribution in [1.29, 1.82) is 0 Å². The Hall–Kier alpha value is -3.27. The number of benzene rings is 3. The molecule has 1 aliphatic rings. The van der Waals surface area contributed by atoms with Gasteiger partial charge in [0.05, 0.1) is 11.7 Å². The predicted octanol–water partition coefficient (Wildman–Crippen LogP) is 4.57. The van der Waals surface area contributed by atoms with E-state index in [2.05, 4.69) is 23.5 Å². The maximum absolute atomic E-state index is 11.7. The fraction of sp³-hybridized carbons (Fsp3) is 0.136. The lowest BCUT2D eigenvalue weighted by Gasteiger charge is -2.33. The SMILES string of the molecule is C[C@]1([C@H](Nc2ccccc2O)c2ccc3ccccc3c2)C=CC(=O)O1. The Bertz CT molecular complexity index is 1010. The smallest absolute Gasteiger partial charge is 0.331 e. The summed E-state index contributed by atoms with van der Waals surface area (Å²) in [5, 5.41) is 15.8. The Balaban J connectivity index is 1.80. The first-order chi connectivity index (χ1) is 12.5. The molecular formula is C22H19NO3. The van der Waals surface area contributed by atoms with Crippen LogP contribution in [0.2, 0.25) is 0 Å². The van der Waals surface area contributed by atoms with Crippen LogP contribution in [0, 0.1) is 0 Å². The van der Waals surface area contributed by atoms with Gasteiger partial charge in [-0.2, -0.15) is 0 Å². The second kappa shape index (κ2) is 6.23. The van der Waals surface area contributed by atoms with Crippen molar-refractivity contribution in [2.75, 3.05) is 5.32 Å². The van der Waals surface area contributed by atoms with Gasteiger partial charge >= 0.3 is 5.97 Å². The maximum Gasteiger partial charge on any atom is 0.331 e. The largest absolute Gasteiger partial charge is 0.506 e. The number of fused-ring (bicyclic) bond motifs is 1. The highest BCUT2D eigenvalue weighted by Gasteiger charge is 2.40. The lowest BCUT2D eigenvalue weighted by molar-refractivity contribution is -0.145. The lowest BCUT2D eigenvalue weighted by Crippen LogP contribution is -2.37. The molecule has 4 rings (SSSR count). The molecule has 0 amide bonds. The van der Waals surface area contributed by atoms with E-state index in [1.54, 1.807) is 24.3 Å². The highest BCUT2D eigenvalue weighted by Crippen LogP contribution is 2.39. The molecule has 130 valence electrons. The molecule has 4 heteroatoms. The van der Waals surface area contributed by atoms with Gasteiger partial charge in [-0.05, 0) is 47.5 Å². The number of esters is 1. The molecule has 1 aliphatic heterocycles. The highest BCUT2D eigenvalue weighted by atomic mass is 16.6. The summed E-state index contributed by atoms with van der Waals surface area (Å²) in [6.45, 7) is 1.86. The molecule has 2 atom stereocenters. The lowest BCUT2D eigenvalue weighted by atomic mass is 9.88. The number of phenols is 1. The minimum Gasteiger partial charge on any atom is -0.506 e. The molecule has 0 aliphatic carbocycles. The van der Waals surface area contributed by atoms with Crippen LogP contribution in [0.15, 0.2) is 78.9 Å². The van der Waals surface area contributed by atoms with Gasteiger partial charge in [0.25, 0.3) is 0 Å². The molecule has 2 N–H and O–H groups in total. The first-order valence-corrected chi connectivity index (χ1v) is 8.51. The number of anilines is 1.